The number of carbonyl (C=O) groups excluding carboxylic acids is 1. The number of aryl methyl sites for hydroxylation is 3. The molecule has 5 aromatic heterocycles. The average Bonchev–Trinajstić information content (AvgIpc) is 4.01. The molecular weight excluding hydrogens is 925 g/mol. The first kappa shape index (κ1) is 46.0. The van der Waals surface area contributed by atoms with Crippen molar-refractivity contribution in [3.8, 4) is 17.0 Å². The zero-order valence-corrected chi connectivity index (χ0v) is 41.4. The van der Waals surface area contributed by atoms with E-state index in [1.807, 2.05) is 63.4 Å². The van der Waals surface area contributed by atoms with Gasteiger partial charge in [0.15, 0.2) is 5.65 Å². The van der Waals surface area contributed by atoms with Crippen molar-refractivity contribution < 1.29 is 9.53 Å². The minimum atomic E-state index is -0.385. The lowest BCUT2D eigenvalue weighted by atomic mass is 10.1. The second kappa shape index (κ2) is 19.3. The number of hydrogen-bond acceptors (Lipinski definition) is 14. The molecule has 9 rings (SSSR count). The lowest BCUT2D eigenvalue weighted by molar-refractivity contribution is -0.112. The van der Waals surface area contributed by atoms with Gasteiger partial charge in [-0.2, -0.15) is 19.6 Å². The molecule has 0 spiro atoms. The van der Waals surface area contributed by atoms with Gasteiger partial charge in [0.1, 0.15) is 11.6 Å². The fourth-order valence-corrected chi connectivity index (χ4v) is 8.77. The van der Waals surface area contributed by atoms with Gasteiger partial charge < -0.3 is 49.4 Å². The fraction of sp³-hybridized carbons (Fsp3) is 0.327. The summed E-state index contributed by atoms with van der Waals surface area (Å²) in [6.07, 6.45) is 5.52. The van der Waals surface area contributed by atoms with Crippen LogP contribution in [0.3, 0.4) is 0 Å². The van der Waals surface area contributed by atoms with E-state index < -0.39 is 0 Å². The number of piperazine rings is 1. The first-order chi connectivity index (χ1) is 32.7. The van der Waals surface area contributed by atoms with E-state index in [2.05, 4.69) is 119 Å². The van der Waals surface area contributed by atoms with Crippen LogP contribution >= 0.6 is 15.9 Å². The summed E-state index contributed by atoms with van der Waals surface area (Å²) in [5, 5.41) is 12.4. The van der Waals surface area contributed by atoms with Crippen molar-refractivity contribution in [2.75, 3.05) is 106 Å². The summed E-state index contributed by atoms with van der Waals surface area (Å²) in [5.74, 6) is 2.29. The highest BCUT2D eigenvalue weighted by atomic mass is 79.9. The van der Waals surface area contributed by atoms with E-state index in [0.29, 0.717) is 53.0 Å². The van der Waals surface area contributed by atoms with Crippen molar-refractivity contribution in [3.63, 3.8) is 0 Å². The summed E-state index contributed by atoms with van der Waals surface area (Å²) in [6, 6.07) is 18.1. The number of amides is 1. The summed E-state index contributed by atoms with van der Waals surface area (Å²) >= 11 is 3.68. The summed E-state index contributed by atoms with van der Waals surface area (Å²) in [7, 11) is 11.8. The smallest absolute Gasteiger partial charge is 0.252 e. The number of nitrogens with zero attached hydrogens (tertiary/aromatic N) is 13. The predicted molar refractivity (Wildman–Crippen MR) is 275 cm³/mol. The minimum absolute atomic E-state index is 0.0779. The Labute approximate surface area is 403 Å². The number of nitrogens with one attached hydrogen (secondary N) is 3. The Morgan fingerprint density at radius 3 is 2.50 bits per heavy atom. The van der Waals surface area contributed by atoms with Crippen molar-refractivity contribution in [1.29, 1.82) is 0 Å². The average molecular weight is 982 g/mol. The second-order valence-corrected chi connectivity index (χ2v) is 18.6. The van der Waals surface area contributed by atoms with Gasteiger partial charge >= 0.3 is 0 Å². The Morgan fingerprint density at radius 2 is 1.72 bits per heavy atom. The van der Waals surface area contributed by atoms with Crippen LogP contribution in [0.25, 0.3) is 38.8 Å². The molecule has 3 N–H and O–H groups in total. The van der Waals surface area contributed by atoms with Crippen molar-refractivity contribution in [3.05, 3.63) is 107 Å². The normalized spacial score (nSPS) is 13.2. The molecule has 0 atom stereocenters. The third kappa shape index (κ3) is 9.54. The highest BCUT2D eigenvalue weighted by Crippen LogP contribution is 2.39. The molecule has 1 amide bonds. The maximum atomic E-state index is 14.7. The Kier molecular flexibility index (Phi) is 13.0. The van der Waals surface area contributed by atoms with Gasteiger partial charge in [0.05, 0.1) is 64.7 Å². The molecule has 1 saturated heterocycles. The molecule has 3 aromatic carbocycles. The zero-order chi connectivity index (χ0) is 47.8. The van der Waals surface area contributed by atoms with Crippen LogP contribution in [0.5, 0.6) is 5.75 Å². The van der Waals surface area contributed by atoms with Gasteiger partial charge in [-0.3, -0.25) is 4.79 Å². The van der Waals surface area contributed by atoms with Crippen molar-refractivity contribution in [2.45, 2.75) is 20.4 Å². The number of imidazole rings is 1. The number of rotatable bonds is 16. The number of aromatic amines is 1. The number of ether oxygens (including phenoxy) is 1. The third-order valence-corrected chi connectivity index (χ3v) is 13.0. The standard InChI is InChI=1S/C49H57BrN16O2/c1-30-22-37-38(23-31(30)2)54-44(53-37)29-65(49-59-48(64-20-17-61(6)18-21-64)58-45-35(50)26-52-66(45)49)27-32(3)46(67)55-39-24-40(43(68-9)25-42(39)62(7)19-16-60(4)5)57-47-51-15-14-36(56-47)34-28-63(8)41-13-11-10-12-33(34)41/h10-15,22-26,28H,3,16-21,27,29H2,1-2,4-9H3,(H,53,54)(H,55,67)(H,51,56,57). The number of H-pyrrole nitrogens is 1. The largest absolute Gasteiger partial charge is 0.494 e. The van der Waals surface area contributed by atoms with Crippen LogP contribution in [0.15, 0.2) is 89.8 Å². The molecule has 8 aromatic rings. The van der Waals surface area contributed by atoms with Gasteiger partial charge in [-0.15, -0.1) is 0 Å². The van der Waals surface area contributed by atoms with Gasteiger partial charge in [-0.05, 0) is 92.4 Å². The molecule has 6 heterocycles. The van der Waals surface area contributed by atoms with Gasteiger partial charge in [0.25, 0.3) is 5.91 Å². The molecule has 1 fully saturated rings. The topological polar surface area (TPSA) is 169 Å². The molecule has 0 saturated carbocycles. The van der Waals surface area contributed by atoms with Gasteiger partial charge in [-0.1, -0.05) is 24.8 Å². The number of fused-ring (bicyclic) bond motifs is 3. The van der Waals surface area contributed by atoms with E-state index in [4.69, 9.17) is 29.8 Å². The molecule has 0 bridgehead atoms. The number of aromatic nitrogens is 9. The number of carbonyl (C=O) groups is 1. The maximum Gasteiger partial charge on any atom is 0.252 e. The number of likely N-dealkylation sites (N-methyl/N-ethyl adjacent to an activating group) is 3. The molecular formula is C49H57BrN16O2. The quantitative estimate of drug-likeness (QED) is 0.0844. The SMILES string of the molecule is C=C(CN(Cc1nc2cc(C)c(C)cc2[nH]1)c1nc(N2CCN(C)CC2)nc2c(Br)cnn12)C(=O)Nc1cc(Nc2nccc(-c3cn(C)c4ccccc34)n2)c(OC)cc1N(C)CCN(C)C. The Balaban J connectivity index is 1.06. The predicted octanol–water partition coefficient (Wildman–Crippen LogP) is 7.03. The Morgan fingerprint density at radius 1 is 0.941 bits per heavy atom. The van der Waals surface area contributed by atoms with E-state index >= 15 is 0 Å². The number of methoxy groups -OCH3 is 1. The van der Waals surface area contributed by atoms with Crippen LogP contribution in [0.2, 0.25) is 0 Å². The Bertz CT molecular complexity index is 3130. The molecule has 352 valence electrons. The number of para-hydroxylation sites is 1. The van der Waals surface area contributed by atoms with Gasteiger partial charge in [0.2, 0.25) is 17.8 Å². The van der Waals surface area contributed by atoms with E-state index in [-0.39, 0.29) is 24.6 Å². The summed E-state index contributed by atoms with van der Waals surface area (Å²) in [5.41, 5.74) is 9.69. The van der Waals surface area contributed by atoms with E-state index in [0.717, 1.165) is 87.2 Å². The molecule has 18 nitrogen and oxygen atoms in total. The fourth-order valence-electron chi connectivity index (χ4n) is 8.42. The highest BCUT2D eigenvalue weighted by Gasteiger charge is 2.26. The summed E-state index contributed by atoms with van der Waals surface area (Å²) in [6.45, 7) is 13.6. The summed E-state index contributed by atoms with van der Waals surface area (Å²) < 4.78 is 10.5. The highest BCUT2D eigenvalue weighted by molar-refractivity contribution is 9.10. The number of halogens is 1. The molecule has 0 radical (unpaired) electrons. The Hall–Kier alpha value is -7.09. The minimum Gasteiger partial charge on any atom is -0.494 e. The number of anilines is 6. The summed E-state index contributed by atoms with van der Waals surface area (Å²) in [4.78, 5) is 53.5. The van der Waals surface area contributed by atoms with Crippen LogP contribution in [0, 0.1) is 13.8 Å². The van der Waals surface area contributed by atoms with Crippen molar-refractivity contribution in [1.82, 2.24) is 53.9 Å². The van der Waals surface area contributed by atoms with Crippen molar-refractivity contribution in [2.24, 2.45) is 7.05 Å². The zero-order valence-electron chi connectivity index (χ0n) is 39.8. The first-order valence-electron chi connectivity index (χ1n) is 22.5. The van der Waals surface area contributed by atoms with Crippen LogP contribution < -0.4 is 30.1 Å². The number of hydrogen-bond donors (Lipinski definition) is 3. The molecule has 1 aliphatic heterocycles. The number of benzene rings is 3. The first-order valence-corrected chi connectivity index (χ1v) is 23.3. The molecule has 0 unspecified atom stereocenters. The molecule has 1 aliphatic rings. The van der Waals surface area contributed by atoms with Crippen LogP contribution in [-0.4, -0.2) is 141 Å². The lowest BCUT2D eigenvalue weighted by Gasteiger charge is -2.33. The van der Waals surface area contributed by atoms with Crippen LogP contribution in [-0.2, 0) is 18.4 Å². The van der Waals surface area contributed by atoms with Gasteiger partial charge in [0, 0.05) is 93.9 Å². The van der Waals surface area contributed by atoms with Crippen molar-refractivity contribution >= 4 is 84.3 Å². The van der Waals surface area contributed by atoms with Gasteiger partial charge in [-0.25, -0.2) is 15.0 Å². The monoisotopic (exact) mass is 980 g/mol. The molecule has 68 heavy (non-hydrogen) atoms. The van der Waals surface area contributed by atoms with E-state index in [1.165, 1.54) is 0 Å². The maximum absolute atomic E-state index is 14.7. The van der Waals surface area contributed by atoms with E-state index in [1.54, 1.807) is 24.0 Å². The van der Waals surface area contributed by atoms with E-state index in [9.17, 15) is 4.79 Å². The van der Waals surface area contributed by atoms with Crippen LogP contribution in [0.4, 0.5) is 34.9 Å². The molecule has 19 heteroatoms. The third-order valence-electron chi connectivity index (χ3n) is 12.5. The van der Waals surface area contributed by atoms with Crippen LogP contribution in [0.1, 0.15) is 17.0 Å². The molecule has 0 aliphatic carbocycles. The second-order valence-electron chi connectivity index (χ2n) is 17.7. The lowest BCUT2D eigenvalue weighted by Crippen LogP contribution is -2.45.